The Balaban J connectivity index is 2.18. The number of nitrogens with two attached hydrogens (primary N) is 1. The first-order valence-corrected chi connectivity index (χ1v) is 7.70. The van der Waals surface area contributed by atoms with Crippen LogP contribution in [0.5, 0.6) is 5.75 Å². The second kappa shape index (κ2) is 7.46. The van der Waals surface area contributed by atoms with Gasteiger partial charge in [-0.3, -0.25) is 0 Å². The third-order valence-electron chi connectivity index (χ3n) is 3.32. The van der Waals surface area contributed by atoms with Crippen LogP contribution in [0.3, 0.4) is 0 Å². The van der Waals surface area contributed by atoms with E-state index < -0.39 is 0 Å². The Morgan fingerprint density at radius 2 is 1.95 bits per heavy atom. The standard InChI is InChI=1S/C17H20BrNO/c1-2-20-15-7-5-6-13(11-15)10-14(12-19)16-8-3-4-9-17(16)18/h3-9,11,14H,2,10,12,19H2,1H3. The summed E-state index contributed by atoms with van der Waals surface area (Å²) in [6, 6.07) is 16.5. The van der Waals surface area contributed by atoms with Gasteiger partial charge in [-0.15, -0.1) is 0 Å². The van der Waals surface area contributed by atoms with Crippen LogP contribution in [0.15, 0.2) is 53.0 Å². The molecule has 1 atom stereocenters. The number of hydrogen-bond donors (Lipinski definition) is 1. The number of halogens is 1. The molecule has 20 heavy (non-hydrogen) atoms. The van der Waals surface area contributed by atoms with Crippen LogP contribution in [0.1, 0.15) is 24.0 Å². The highest BCUT2D eigenvalue weighted by molar-refractivity contribution is 9.10. The lowest BCUT2D eigenvalue weighted by atomic mass is 9.92. The summed E-state index contributed by atoms with van der Waals surface area (Å²) >= 11 is 3.61. The first kappa shape index (κ1) is 15.1. The van der Waals surface area contributed by atoms with Gasteiger partial charge in [0, 0.05) is 10.4 Å². The van der Waals surface area contributed by atoms with Gasteiger partial charge >= 0.3 is 0 Å². The van der Waals surface area contributed by atoms with Crippen LogP contribution in [0.25, 0.3) is 0 Å². The molecule has 2 aromatic carbocycles. The number of benzene rings is 2. The smallest absolute Gasteiger partial charge is 0.119 e. The lowest BCUT2D eigenvalue weighted by molar-refractivity contribution is 0.340. The van der Waals surface area contributed by atoms with Crippen molar-refractivity contribution in [1.29, 1.82) is 0 Å². The molecular weight excluding hydrogens is 314 g/mol. The zero-order chi connectivity index (χ0) is 14.4. The van der Waals surface area contributed by atoms with Crippen LogP contribution < -0.4 is 10.5 Å². The first-order valence-electron chi connectivity index (χ1n) is 6.90. The van der Waals surface area contributed by atoms with E-state index in [2.05, 4.69) is 46.3 Å². The minimum Gasteiger partial charge on any atom is -0.494 e. The average Bonchev–Trinajstić information content (AvgIpc) is 2.46. The Morgan fingerprint density at radius 3 is 2.65 bits per heavy atom. The van der Waals surface area contributed by atoms with Crippen molar-refractivity contribution in [2.45, 2.75) is 19.3 Å². The van der Waals surface area contributed by atoms with Crippen molar-refractivity contribution < 1.29 is 4.74 Å². The second-order valence-corrected chi connectivity index (χ2v) is 5.59. The molecule has 0 amide bonds. The molecule has 106 valence electrons. The summed E-state index contributed by atoms with van der Waals surface area (Å²) in [6.45, 7) is 3.31. The van der Waals surface area contributed by atoms with Gasteiger partial charge in [-0.1, -0.05) is 46.3 Å². The van der Waals surface area contributed by atoms with Gasteiger partial charge in [-0.2, -0.15) is 0 Å². The van der Waals surface area contributed by atoms with Gasteiger partial charge in [0.1, 0.15) is 5.75 Å². The molecule has 1 unspecified atom stereocenters. The van der Waals surface area contributed by atoms with Crippen LogP contribution >= 0.6 is 15.9 Å². The van der Waals surface area contributed by atoms with Crippen LogP contribution in [-0.2, 0) is 6.42 Å². The van der Waals surface area contributed by atoms with Gasteiger partial charge in [0.25, 0.3) is 0 Å². The van der Waals surface area contributed by atoms with Gasteiger partial charge in [0.2, 0.25) is 0 Å². The Bertz CT molecular complexity index is 556. The molecule has 2 nitrogen and oxygen atoms in total. The van der Waals surface area contributed by atoms with Crippen LogP contribution in [0.2, 0.25) is 0 Å². The van der Waals surface area contributed by atoms with Crippen LogP contribution in [0.4, 0.5) is 0 Å². The summed E-state index contributed by atoms with van der Waals surface area (Å²) < 4.78 is 6.67. The number of rotatable bonds is 6. The van der Waals surface area contributed by atoms with Gasteiger partial charge in [0.15, 0.2) is 0 Å². The predicted octanol–water partition coefficient (Wildman–Crippen LogP) is 4.13. The van der Waals surface area contributed by atoms with Crippen molar-refractivity contribution in [1.82, 2.24) is 0 Å². The molecular formula is C17H20BrNO. The second-order valence-electron chi connectivity index (χ2n) is 4.74. The molecule has 0 saturated carbocycles. The van der Waals surface area contributed by atoms with E-state index >= 15 is 0 Å². The number of ether oxygens (including phenoxy) is 1. The Morgan fingerprint density at radius 1 is 1.15 bits per heavy atom. The Kier molecular flexibility index (Phi) is 5.62. The molecule has 0 aliphatic rings. The van der Waals surface area contributed by atoms with Crippen molar-refractivity contribution in [3.8, 4) is 5.75 Å². The summed E-state index contributed by atoms with van der Waals surface area (Å²) in [6.07, 6.45) is 0.917. The quantitative estimate of drug-likeness (QED) is 0.862. The van der Waals surface area contributed by atoms with E-state index in [1.165, 1.54) is 11.1 Å². The molecule has 2 N–H and O–H groups in total. The topological polar surface area (TPSA) is 35.2 Å². The summed E-state index contributed by atoms with van der Waals surface area (Å²) in [5.41, 5.74) is 8.48. The maximum absolute atomic E-state index is 5.97. The fourth-order valence-corrected chi connectivity index (χ4v) is 2.95. The summed E-state index contributed by atoms with van der Waals surface area (Å²) in [7, 11) is 0. The van der Waals surface area contributed by atoms with E-state index in [4.69, 9.17) is 10.5 Å². The average molecular weight is 334 g/mol. The van der Waals surface area contributed by atoms with Crippen molar-refractivity contribution >= 4 is 15.9 Å². The SMILES string of the molecule is CCOc1cccc(CC(CN)c2ccccc2Br)c1. The van der Waals surface area contributed by atoms with Gasteiger partial charge in [0.05, 0.1) is 6.61 Å². The monoisotopic (exact) mass is 333 g/mol. The molecule has 0 spiro atoms. The minimum atomic E-state index is 0.308. The molecule has 0 aliphatic carbocycles. The molecule has 0 aromatic heterocycles. The number of hydrogen-bond acceptors (Lipinski definition) is 2. The van der Waals surface area contributed by atoms with Crippen LogP contribution in [0, 0.1) is 0 Å². The van der Waals surface area contributed by atoms with E-state index in [1.807, 2.05) is 25.1 Å². The van der Waals surface area contributed by atoms with E-state index in [-0.39, 0.29) is 0 Å². The Labute approximate surface area is 129 Å². The zero-order valence-corrected chi connectivity index (χ0v) is 13.3. The highest BCUT2D eigenvalue weighted by Gasteiger charge is 2.13. The van der Waals surface area contributed by atoms with Crippen molar-refractivity contribution in [3.05, 3.63) is 64.1 Å². The van der Waals surface area contributed by atoms with Gasteiger partial charge in [-0.05, 0) is 49.2 Å². The van der Waals surface area contributed by atoms with Crippen molar-refractivity contribution in [2.24, 2.45) is 5.73 Å². The molecule has 0 fully saturated rings. The normalized spacial score (nSPS) is 12.2. The molecule has 0 radical (unpaired) electrons. The molecule has 0 bridgehead atoms. The van der Waals surface area contributed by atoms with Gasteiger partial charge < -0.3 is 10.5 Å². The van der Waals surface area contributed by atoms with E-state index in [0.717, 1.165) is 16.6 Å². The van der Waals surface area contributed by atoms with Crippen molar-refractivity contribution in [2.75, 3.05) is 13.2 Å². The molecule has 0 saturated heterocycles. The van der Waals surface area contributed by atoms with Gasteiger partial charge in [-0.25, -0.2) is 0 Å². The lowest BCUT2D eigenvalue weighted by Crippen LogP contribution is -2.15. The third-order valence-corrected chi connectivity index (χ3v) is 4.04. The fourth-order valence-electron chi connectivity index (χ4n) is 2.34. The first-order chi connectivity index (χ1) is 9.74. The maximum atomic E-state index is 5.97. The summed E-state index contributed by atoms with van der Waals surface area (Å²) in [5.74, 6) is 1.23. The van der Waals surface area contributed by atoms with E-state index in [0.29, 0.717) is 19.1 Å². The van der Waals surface area contributed by atoms with Crippen molar-refractivity contribution in [3.63, 3.8) is 0 Å². The zero-order valence-electron chi connectivity index (χ0n) is 11.7. The highest BCUT2D eigenvalue weighted by atomic mass is 79.9. The third kappa shape index (κ3) is 3.84. The summed E-state index contributed by atoms with van der Waals surface area (Å²) in [5, 5.41) is 0. The molecule has 2 aromatic rings. The molecule has 3 heteroatoms. The minimum absolute atomic E-state index is 0.308. The Hall–Kier alpha value is -1.32. The van der Waals surface area contributed by atoms with E-state index in [9.17, 15) is 0 Å². The predicted molar refractivity (Wildman–Crippen MR) is 87.3 cm³/mol. The van der Waals surface area contributed by atoms with E-state index in [1.54, 1.807) is 0 Å². The largest absolute Gasteiger partial charge is 0.494 e. The maximum Gasteiger partial charge on any atom is 0.119 e. The van der Waals surface area contributed by atoms with Crippen LogP contribution in [-0.4, -0.2) is 13.2 Å². The fraction of sp³-hybridized carbons (Fsp3) is 0.294. The molecule has 0 heterocycles. The molecule has 0 aliphatic heterocycles. The highest BCUT2D eigenvalue weighted by Crippen LogP contribution is 2.28. The lowest BCUT2D eigenvalue weighted by Gasteiger charge is -2.17. The summed E-state index contributed by atoms with van der Waals surface area (Å²) in [4.78, 5) is 0. The molecule has 2 rings (SSSR count).